The number of ether oxygens (including phenoxy) is 1. The lowest BCUT2D eigenvalue weighted by Crippen LogP contribution is -2.41. The second-order valence-electron chi connectivity index (χ2n) is 3.14. The zero-order valence-electron chi connectivity index (χ0n) is 8.89. The third-order valence-corrected chi connectivity index (χ3v) is 4.22. The third kappa shape index (κ3) is 2.94. The fraction of sp³-hybridized carbons (Fsp3) is 0.875. The van der Waals surface area contributed by atoms with Gasteiger partial charge in [-0.05, 0) is 13.8 Å². The summed E-state index contributed by atoms with van der Waals surface area (Å²) in [5, 5.41) is 7.52. The minimum Gasteiger partial charge on any atom is -0.383 e. The molecule has 0 aliphatic heterocycles. The molecule has 0 spiro atoms. The van der Waals surface area contributed by atoms with Crippen LogP contribution in [-0.4, -0.2) is 44.8 Å². The minimum absolute atomic E-state index is 0.263. The van der Waals surface area contributed by atoms with Crippen molar-refractivity contribution in [1.82, 2.24) is 4.31 Å². The highest BCUT2D eigenvalue weighted by Crippen LogP contribution is 2.10. The van der Waals surface area contributed by atoms with Crippen molar-refractivity contribution in [2.45, 2.75) is 25.1 Å². The summed E-state index contributed by atoms with van der Waals surface area (Å²) in [5.41, 5.74) is 0. The van der Waals surface area contributed by atoms with Gasteiger partial charge in [-0.25, -0.2) is 8.42 Å². The van der Waals surface area contributed by atoms with Crippen LogP contribution in [0, 0.1) is 11.3 Å². The zero-order valence-corrected chi connectivity index (χ0v) is 9.71. The molecule has 0 aromatic heterocycles. The second-order valence-corrected chi connectivity index (χ2v) is 5.45. The lowest BCUT2D eigenvalue weighted by Gasteiger charge is -2.24. The van der Waals surface area contributed by atoms with Crippen molar-refractivity contribution in [2.24, 2.45) is 0 Å². The quantitative estimate of drug-likeness (QED) is 0.663. The van der Waals surface area contributed by atoms with Gasteiger partial charge in [-0.3, -0.25) is 0 Å². The second kappa shape index (κ2) is 5.29. The molecule has 0 heterocycles. The average Bonchev–Trinajstić information content (AvgIpc) is 2.15. The van der Waals surface area contributed by atoms with E-state index in [1.54, 1.807) is 13.0 Å². The van der Waals surface area contributed by atoms with Crippen LogP contribution in [0.4, 0.5) is 0 Å². The van der Waals surface area contributed by atoms with E-state index in [2.05, 4.69) is 0 Å². The average molecular weight is 220 g/mol. The molecule has 0 fully saturated rings. The number of likely N-dealkylation sites (N-methyl/N-ethyl adjacent to an activating group) is 1. The zero-order chi connectivity index (χ0) is 11.4. The predicted octanol–water partition coefficient (Wildman–Crippen LogP) is 0.195. The van der Waals surface area contributed by atoms with Crippen LogP contribution in [0.3, 0.4) is 0 Å². The van der Waals surface area contributed by atoms with E-state index in [1.165, 1.54) is 25.4 Å². The van der Waals surface area contributed by atoms with Crippen LogP contribution in [0.5, 0.6) is 0 Å². The molecule has 0 saturated heterocycles. The van der Waals surface area contributed by atoms with Crippen LogP contribution in [0.1, 0.15) is 13.8 Å². The van der Waals surface area contributed by atoms with Crippen LogP contribution in [0.2, 0.25) is 0 Å². The number of sulfonamides is 1. The van der Waals surface area contributed by atoms with Gasteiger partial charge < -0.3 is 4.74 Å². The van der Waals surface area contributed by atoms with Gasteiger partial charge in [0.05, 0.1) is 12.7 Å². The van der Waals surface area contributed by atoms with Gasteiger partial charge in [0, 0.05) is 20.2 Å². The van der Waals surface area contributed by atoms with E-state index in [0.717, 1.165) is 0 Å². The maximum absolute atomic E-state index is 11.6. The molecule has 0 saturated carbocycles. The van der Waals surface area contributed by atoms with Crippen molar-refractivity contribution in [3.05, 3.63) is 0 Å². The van der Waals surface area contributed by atoms with Gasteiger partial charge in [-0.1, -0.05) is 0 Å². The summed E-state index contributed by atoms with van der Waals surface area (Å²) in [5.74, 6) is 0. The van der Waals surface area contributed by atoms with Crippen molar-refractivity contribution >= 4 is 10.0 Å². The summed E-state index contributed by atoms with van der Waals surface area (Å²) in [6, 6.07) is 1.45. The van der Waals surface area contributed by atoms with Crippen LogP contribution in [0.15, 0.2) is 0 Å². The standard InChI is InChI=1S/C8H16N2O3S/c1-7(6-13-4)10(3)14(11,12)8(2)5-9/h7-8H,6H2,1-4H3. The van der Waals surface area contributed by atoms with Crippen LogP contribution < -0.4 is 0 Å². The van der Waals surface area contributed by atoms with Crippen LogP contribution >= 0.6 is 0 Å². The Hall–Kier alpha value is -0.640. The number of nitrogens with zero attached hydrogens (tertiary/aromatic N) is 2. The lowest BCUT2D eigenvalue weighted by molar-refractivity contribution is 0.149. The minimum atomic E-state index is -3.52. The SMILES string of the molecule is COCC(C)N(C)S(=O)(=O)C(C)C#N. The molecular formula is C8H16N2O3S. The first-order valence-corrected chi connectivity index (χ1v) is 5.73. The van der Waals surface area contributed by atoms with Crippen molar-refractivity contribution in [3.8, 4) is 6.07 Å². The molecule has 6 heteroatoms. The maximum Gasteiger partial charge on any atom is 0.230 e. The maximum atomic E-state index is 11.6. The summed E-state index contributed by atoms with van der Waals surface area (Å²) < 4.78 is 29.3. The summed E-state index contributed by atoms with van der Waals surface area (Å²) in [6.07, 6.45) is 0. The highest BCUT2D eigenvalue weighted by Gasteiger charge is 2.28. The van der Waals surface area contributed by atoms with Crippen LogP contribution in [0.25, 0.3) is 0 Å². The highest BCUT2D eigenvalue weighted by molar-refractivity contribution is 7.89. The predicted molar refractivity (Wildman–Crippen MR) is 53.1 cm³/mol. The van der Waals surface area contributed by atoms with E-state index >= 15 is 0 Å². The molecule has 0 bridgehead atoms. The first kappa shape index (κ1) is 13.4. The summed E-state index contributed by atoms with van der Waals surface area (Å²) in [6.45, 7) is 3.41. The molecule has 0 aliphatic carbocycles. The number of hydrogen-bond donors (Lipinski definition) is 0. The Kier molecular flexibility index (Phi) is 5.05. The van der Waals surface area contributed by atoms with E-state index in [9.17, 15) is 8.42 Å². The largest absolute Gasteiger partial charge is 0.383 e. The van der Waals surface area contributed by atoms with Crippen molar-refractivity contribution < 1.29 is 13.2 Å². The van der Waals surface area contributed by atoms with Crippen LogP contribution in [-0.2, 0) is 14.8 Å². The van der Waals surface area contributed by atoms with Gasteiger partial charge in [0.2, 0.25) is 10.0 Å². The third-order valence-electron chi connectivity index (χ3n) is 2.06. The van der Waals surface area contributed by atoms with Gasteiger partial charge >= 0.3 is 0 Å². The van der Waals surface area contributed by atoms with Gasteiger partial charge in [-0.15, -0.1) is 0 Å². The van der Waals surface area contributed by atoms with Gasteiger partial charge in [0.25, 0.3) is 0 Å². The Morgan fingerprint density at radius 1 is 1.50 bits per heavy atom. The first-order chi connectivity index (χ1) is 6.37. The monoisotopic (exact) mass is 220 g/mol. The van der Waals surface area contributed by atoms with Gasteiger partial charge in [0.15, 0.2) is 5.25 Å². The number of nitriles is 1. The van der Waals surface area contributed by atoms with E-state index in [-0.39, 0.29) is 6.04 Å². The molecule has 2 atom stereocenters. The highest BCUT2D eigenvalue weighted by atomic mass is 32.2. The number of methoxy groups -OCH3 is 1. The van der Waals surface area contributed by atoms with Gasteiger partial charge in [0.1, 0.15) is 0 Å². The summed E-state index contributed by atoms with van der Waals surface area (Å²) in [7, 11) is -0.562. The number of rotatable bonds is 5. The molecule has 2 unspecified atom stereocenters. The fourth-order valence-corrected chi connectivity index (χ4v) is 2.11. The summed E-state index contributed by atoms with van der Waals surface area (Å²) in [4.78, 5) is 0. The lowest BCUT2D eigenvalue weighted by atomic mass is 10.4. The van der Waals surface area contributed by atoms with Gasteiger partial charge in [-0.2, -0.15) is 9.57 Å². The Morgan fingerprint density at radius 2 is 2.00 bits per heavy atom. The van der Waals surface area contributed by atoms with Crippen molar-refractivity contribution in [1.29, 1.82) is 5.26 Å². The fourth-order valence-electron chi connectivity index (χ4n) is 0.913. The van der Waals surface area contributed by atoms with E-state index in [4.69, 9.17) is 10.00 Å². The van der Waals surface area contributed by atoms with E-state index in [1.807, 2.05) is 0 Å². The van der Waals surface area contributed by atoms with E-state index < -0.39 is 15.3 Å². The molecule has 0 aromatic rings. The molecule has 0 amide bonds. The topological polar surface area (TPSA) is 70.4 Å². The Bertz CT molecular complexity index is 307. The summed E-state index contributed by atoms with van der Waals surface area (Å²) >= 11 is 0. The Balaban J connectivity index is 4.69. The Labute approximate surface area is 85.3 Å². The molecule has 0 aliphatic rings. The molecule has 82 valence electrons. The van der Waals surface area contributed by atoms with Crippen molar-refractivity contribution in [3.63, 3.8) is 0 Å². The molecule has 0 radical (unpaired) electrons. The number of hydrogen-bond acceptors (Lipinski definition) is 4. The Morgan fingerprint density at radius 3 is 2.36 bits per heavy atom. The molecule has 14 heavy (non-hydrogen) atoms. The van der Waals surface area contributed by atoms with E-state index in [0.29, 0.717) is 6.61 Å². The molecule has 0 rings (SSSR count). The first-order valence-electron chi connectivity index (χ1n) is 4.23. The smallest absolute Gasteiger partial charge is 0.230 e. The van der Waals surface area contributed by atoms with Crippen molar-refractivity contribution in [2.75, 3.05) is 20.8 Å². The normalized spacial score (nSPS) is 16.3. The molecule has 0 aromatic carbocycles. The molecule has 5 nitrogen and oxygen atoms in total. The molecular weight excluding hydrogens is 204 g/mol. The molecule has 0 N–H and O–H groups in total.